The summed E-state index contributed by atoms with van der Waals surface area (Å²) in [5.74, 6) is 0.312. The van der Waals surface area contributed by atoms with Crippen LogP contribution in [0.1, 0.15) is 125 Å². The zero-order valence-electron chi connectivity index (χ0n) is 28.6. The number of carbonyl (C=O) groups excluding carboxylic acids is 3. The molecule has 0 aromatic carbocycles. The van der Waals surface area contributed by atoms with Crippen LogP contribution in [0.15, 0.2) is 35.5 Å². The summed E-state index contributed by atoms with van der Waals surface area (Å²) in [7, 11) is 0. The van der Waals surface area contributed by atoms with E-state index in [1.165, 1.54) is 18.2 Å². The molecule has 0 bridgehead atoms. The summed E-state index contributed by atoms with van der Waals surface area (Å²) in [5, 5.41) is 28.7. The normalized spacial score (nSPS) is 14.1. The Kier molecular flexibility index (Phi) is 18.9. The second-order valence-electron chi connectivity index (χ2n) is 16.2. The van der Waals surface area contributed by atoms with Gasteiger partial charge in [0.05, 0.1) is 0 Å². The first-order chi connectivity index (χ1) is 16.6. The number of aliphatic hydroxyl groups excluding tert-OH is 3. The maximum Gasteiger partial charge on any atom is 0.164 e. The van der Waals surface area contributed by atoms with Gasteiger partial charge in [-0.3, -0.25) is 14.4 Å². The Labute approximate surface area is 275 Å². The standard InChI is InChI=1S/3C11H20O2.Ho/c3*1-10(2,3)8(12)7-9(13)11(4,5)6;/h3*7,12H,1-6H3;/b3*8-7+;. The van der Waals surface area contributed by atoms with Crippen molar-refractivity contribution < 1.29 is 67.4 Å². The number of rotatable bonds is 3. The number of ketones is 3. The van der Waals surface area contributed by atoms with Crippen LogP contribution in [-0.2, 0) is 14.4 Å². The van der Waals surface area contributed by atoms with E-state index >= 15 is 0 Å². The topological polar surface area (TPSA) is 112 Å². The molecule has 0 aromatic heterocycles. The predicted octanol–water partition coefficient (Wildman–Crippen LogP) is 9.27. The van der Waals surface area contributed by atoms with E-state index in [4.69, 9.17) is 0 Å². The molecule has 1 radical (unpaired) electrons. The molecule has 0 atom stereocenters. The van der Waals surface area contributed by atoms with E-state index in [-0.39, 0.29) is 88.6 Å². The molecule has 0 aliphatic heterocycles. The van der Waals surface area contributed by atoms with Gasteiger partial charge in [-0.25, -0.2) is 0 Å². The molecular weight excluding hydrogens is 657 g/mol. The Morgan fingerprint density at radius 2 is 0.475 bits per heavy atom. The van der Waals surface area contributed by atoms with E-state index in [9.17, 15) is 29.7 Å². The summed E-state index contributed by atoms with van der Waals surface area (Å²) >= 11 is 0. The van der Waals surface area contributed by atoms with Crippen molar-refractivity contribution in [2.24, 2.45) is 32.5 Å². The van der Waals surface area contributed by atoms with Gasteiger partial charge in [0.25, 0.3) is 0 Å². The molecule has 0 saturated carbocycles. The van der Waals surface area contributed by atoms with Crippen LogP contribution < -0.4 is 0 Å². The quantitative estimate of drug-likeness (QED) is 0.153. The van der Waals surface area contributed by atoms with Gasteiger partial charge in [-0.15, -0.1) is 0 Å². The van der Waals surface area contributed by atoms with Gasteiger partial charge in [-0.2, -0.15) is 0 Å². The van der Waals surface area contributed by atoms with Crippen molar-refractivity contribution in [1.82, 2.24) is 0 Å². The third-order valence-corrected chi connectivity index (χ3v) is 5.33. The Hall–Kier alpha value is -1.11. The smallest absolute Gasteiger partial charge is 0.164 e. The third kappa shape index (κ3) is 21.6. The summed E-state index contributed by atoms with van der Waals surface area (Å²) in [4.78, 5) is 34.5. The summed E-state index contributed by atoms with van der Waals surface area (Å²) in [6.07, 6.45) is 4.00. The molecule has 6 nitrogen and oxygen atoms in total. The average Bonchev–Trinajstić information content (AvgIpc) is 2.64. The van der Waals surface area contributed by atoms with Gasteiger partial charge in [0.1, 0.15) is 17.3 Å². The molecule has 0 saturated heterocycles. The first kappa shape index (κ1) is 45.9. The summed E-state index contributed by atoms with van der Waals surface area (Å²) in [6, 6.07) is 0. The van der Waals surface area contributed by atoms with E-state index in [0.29, 0.717) is 0 Å². The van der Waals surface area contributed by atoms with Crippen molar-refractivity contribution in [3.63, 3.8) is 0 Å². The van der Waals surface area contributed by atoms with Gasteiger partial charge in [0, 0.05) is 88.5 Å². The summed E-state index contributed by atoms with van der Waals surface area (Å²) in [5.41, 5.74) is -2.29. The molecule has 0 unspecified atom stereocenters. The number of hydrogen-bond acceptors (Lipinski definition) is 6. The maximum atomic E-state index is 11.5. The van der Waals surface area contributed by atoms with Gasteiger partial charge in [0.2, 0.25) is 0 Å². The SMILES string of the molecule is CC(C)(C)C(=O)/C=C(/O)C(C)(C)C.CC(C)(C)C(=O)/C=C(/O)C(C)(C)C.CC(C)(C)C(=O)/C=C(/O)C(C)(C)C.[Ho]. The number of carbonyl (C=O) groups is 3. The number of allylic oxidation sites excluding steroid dienone is 6. The van der Waals surface area contributed by atoms with E-state index < -0.39 is 16.2 Å². The summed E-state index contributed by atoms with van der Waals surface area (Å²) < 4.78 is 0. The predicted molar refractivity (Wildman–Crippen MR) is 164 cm³/mol. The van der Waals surface area contributed by atoms with Crippen LogP contribution >= 0.6 is 0 Å². The van der Waals surface area contributed by atoms with E-state index in [1.54, 1.807) is 0 Å². The fourth-order valence-corrected chi connectivity index (χ4v) is 1.67. The van der Waals surface area contributed by atoms with Gasteiger partial charge >= 0.3 is 0 Å². The first-order valence-electron chi connectivity index (χ1n) is 13.5. The van der Waals surface area contributed by atoms with Crippen molar-refractivity contribution >= 4 is 17.3 Å². The minimum Gasteiger partial charge on any atom is -0.512 e. The molecule has 3 N–H and O–H groups in total. The molecular formula is C33H60HoO6. The molecule has 0 aromatic rings. The third-order valence-electron chi connectivity index (χ3n) is 5.33. The van der Waals surface area contributed by atoms with Gasteiger partial charge < -0.3 is 15.3 Å². The zero-order chi connectivity index (χ0) is 32.6. The van der Waals surface area contributed by atoms with Crippen molar-refractivity contribution in [3.05, 3.63) is 35.5 Å². The van der Waals surface area contributed by atoms with Crippen LogP contribution in [0.3, 0.4) is 0 Å². The minimum absolute atomic E-state index is 0. The van der Waals surface area contributed by atoms with Gasteiger partial charge in [0.15, 0.2) is 17.3 Å². The molecule has 40 heavy (non-hydrogen) atoms. The fraction of sp³-hybridized carbons (Fsp3) is 0.727. The van der Waals surface area contributed by atoms with Crippen molar-refractivity contribution in [2.45, 2.75) is 125 Å². The molecule has 0 spiro atoms. The molecule has 7 heteroatoms. The van der Waals surface area contributed by atoms with E-state index in [1.807, 2.05) is 125 Å². The van der Waals surface area contributed by atoms with Crippen LogP contribution in [0.5, 0.6) is 0 Å². The van der Waals surface area contributed by atoms with Crippen molar-refractivity contribution in [1.29, 1.82) is 0 Å². The van der Waals surface area contributed by atoms with Gasteiger partial charge in [-0.05, 0) is 0 Å². The van der Waals surface area contributed by atoms with Crippen LogP contribution in [0.25, 0.3) is 0 Å². The Morgan fingerprint density at radius 3 is 0.550 bits per heavy atom. The molecule has 0 aliphatic carbocycles. The van der Waals surface area contributed by atoms with Crippen LogP contribution in [0.4, 0.5) is 0 Å². The monoisotopic (exact) mass is 717 g/mol. The second kappa shape index (κ2) is 16.5. The molecule has 0 heterocycles. The van der Waals surface area contributed by atoms with Crippen molar-refractivity contribution in [3.8, 4) is 0 Å². The molecule has 0 rings (SSSR count). The Balaban J connectivity index is -0.000000240. The summed E-state index contributed by atoms with van der Waals surface area (Å²) in [6.45, 7) is 33.3. The largest absolute Gasteiger partial charge is 0.512 e. The first-order valence-corrected chi connectivity index (χ1v) is 13.5. The molecule has 239 valence electrons. The Morgan fingerprint density at radius 1 is 0.350 bits per heavy atom. The molecule has 0 fully saturated rings. The van der Waals surface area contributed by atoms with Crippen LogP contribution in [0.2, 0.25) is 0 Å². The van der Waals surface area contributed by atoms with Crippen LogP contribution in [-0.4, -0.2) is 32.7 Å². The average molecular weight is 718 g/mol. The van der Waals surface area contributed by atoms with Crippen molar-refractivity contribution in [2.75, 3.05) is 0 Å². The minimum atomic E-state index is -0.417. The molecule has 0 aliphatic rings. The van der Waals surface area contributed by atoms with E-state index in [2.05, 4.69) is 0 Å². The zero-order valence-corrected chi connectivity index (χ0v) is 30.5. The van der Waals surface area contributed by atoms with Gasteiger partial charge in [-0.1, -0.05) is 125 Å². The number of hydrogen-bond donors (Lipinski definition) is 3. The van der Waals surface area contributed by atoms with E-state index in [0.717, 1.165) is 0 Å². The fourth-order valence-electron chi connectivity index (χ4n) is 1.67. The second-order valence-corrected chi connectivity index (χ2v) is 16.2. The number of aliphatic hydroxyl groups is 3. The maximum absolute atomic E-state index is 11.5. The Bertz CT molecular complexity index is 801. The molecule has 0 amide bonds. The van der Waals surface area contributed by atoms with Crippen LogP contribution in [0, 0.1) is 70.2 Å².